The summed E-state index contributed by atoms with van der Waals surface area (Å²) in [5.41, 5.74) is 1.68. The van der Waals surface area contributed by atoms with Crippen LogP contribution in [0, 0.1) is 0 Å². The highest BCUT2D eigenvalue weighted by Crippen LogP contribution is 2.34. The van der Waals surface area contributed by atoms with Gasteiger partial charge in [-0.2, -0.15) is 0 Å². The van der Waals surface area contributed by atoms with Gasteiger partial charge in [0.15, 0.2) is 0 Å². The van der Waals surface area contributed by atoms with Crippen LogP contribution >= 0.6 is 0 Å². The second-order valence-corrected chi connectivity index (χ2v) is 6.55. The lowest BCUT2D eigenvalue weighted by atomic mass is 9.81. The van der Waals surface area contributed by atoms with E-state index in [9.17, 15) is 9.90 Å². The van der Waals surface area contributed by atoms with E-state index in [1.165, 1.54) is 12.8 Å². The van der Waals surface area contributed by atoms with Gasteiger partial charge < -0.3 is 9.84 Å². The highest BCUT2D eigenvalue weighted by molar-refractivity contribution is 5.72. The van der Waals surface area contributed by atoms with E-state index in [1.807, 2.05) is 6.07 Å². The molecule has 0 saturated carbocycles. The summed E-state index contributed by atoms with van der Waals surface area (Å²) in [7, 11) is 0. The Morgan fingerprint density at radius 1 is 1.18 bits per heavy atom. The van der Waals surface area contributed by atoms with Crippen molar-refractivity contribution in [3.05, 3.63) is 29.3 Å². The first kappa shape index (κ1) is 18.5. The van der Waals surface area contributed by atoms with Crippen molar-refractivity contribution < 1.29 is 14.6 Å². The molecule has 1 rings (SSSR count). The van der Waals surface area contributed by atoms with Gasteiger partial charge in [-0.3, -0.25) is 4.79 Å². The smallest absolute Gasteiger partial charge is 0.310 e. The summed E-state index contributed by atoms with van der Waals surface area (Å²) in [6, 6.07) is 5.40. The number of aromatic hydroxyl groups is 1. The number of carbonyl (C=O) groups is 1. The number of hydrogen-bond acceptors (Lipinski definition) is 3. The molecule has 1 N–H and O–H groups in total. The molecule has 1 aromatic carbocycles. The fourth-order valence-electron chi connectivity index (χ4n) is 2.36. The van der Waals surface area contributed by atoms with Crippen molar-refractivity contribution in [1.29, 1.82) is 0 Å². The van der Waals surface area contributed by atoms with Crippen molar-refractivity contribution in [3.8, 4) is 5.75 Å². The molecule has 0 heterocycles. The predicted octanol–water partition coefficient (Wildman–Crippen LogP) is 4.75. The number of hydrogen-bond donors (Lipinski definition) is 1. The molecular weight excluding hydrogens is 276 g/mol. The molecule has 0 radical (unpaired) electrons. The minimum absolute atomic E-state index is 0.107. The minimum atomic E-state index is -0.192. The Morgan fingerprint density at radius 3 is 2.55 bits per heavy atom. The maximum Gasteiger partial charge on any atom is 0.310 e. The predicted molar refractivity (Wildman–Crippen MR) is 90.2 cm³/mol. The quantitative estimate of drug-likeness (QED) is 0.529. The van der Waals surface area contributed by atoms with Gasteiger partial charge in [-0.15, -0.1) is 0 Å². The van der Waals surface area contributed by atoms with E-state index in [-0.39, 0.29) is 17.8 Å². The first-order valence-corrected chi connectivity index (χ1v) is 8.38. The molecule has 0 unspecified atom stereocenters. The molecule has 0 amide bonds. The third-order valence-corrected chi connectivity index (χ3v) is 4.28. The van der Waals surface area contributed by atoms with E-state index in [1.54, 1.807) is 12.1 Å². The molecule has 0 aliphatic heterocycles. The van der Waals surface area contributed by atoms with Gasteiger partial charge in [0.1, 0.15) is 5.75 Å². The molecule has 0 spiro atoms. The molecule has 3 heteroatoms. The molecule has 0 saturated heterocycles. The van der Waals surface area contributed by atoms with Gasteiger partial charge >= 0.3 is 5.97 Å². The van der Waals surface area contributed by atoms with Crippen LogP contribution in [0.2, 0.25) is 0 Å². The summed E-state index contributed by atoms with van der Waals surface area (Å²) in [4.78, 5) is 11.9. The Labute approximate surface area is 134 Å². The maximum atomic E-state index is 11.9. The third kappa shape index (κ3) is 5.70. The molecule has 1 aromatic rings. The van der Waals surface area contributed by atoms with Gasteiger partial charge in [-0.25, -0.2) is 0 Å². The summed E-state index contributed by atoms with van der Waals surface area (Å²) < 4.78 is 5.27. The van der Waals surface area contributed by atoms with Gasteiger partial charge in [0, 0.05) is 0 Å². The second-order valence-electron chi connectivity index (χ2n) is 6.55. The molecule has 0 aromatic heterocycles. The summed E-state index contributed by atoms with van der Waals surface area (Å²) in [6.07, 6.45) is 5.59. The topological polar surface area (TPSA) is 46.5 Å². The lowest BCUT2D eigenvalue weighted by molar-refractivity contribution is -0.142. The van der Waals surface area contributed by atoms with E-state index in [0.717, 1.165) is 30.4 Å². The first-order valence-electron chi connectivity index (χ1n) is 8.38. The zero-order valence-corrected chi connectivity index (χ0v) is 14.4. The number of carbonyl (C=O) groups excluding carboxylic acids is 1. The highest BCUT2D eigenvalue weighted by atomic mass is 16.5. The molecule has 0 aliphatic rings. The first-order chi connectivity index (χ1) is 10.4. The van der Waals surface area contributed by atoms with Crippen molar-refractivity contribution in [1.82, 2.24) is 0 Å². The van der Waals surface area contributed by atoms with Crippen LogP contribution in [0.5, 0.6) is 5.75 Å². The molecule has 0 atom stereocenters. The van der Waals surface area contributed by atoms with Crippen molar-refractivity contribution >= 4 is 5.97 Å². The zero-order chi connectivity index (χ0) is 16.6. The molecule has 0 bridgehead atoms. The normalized spacial score (nSPS) is 11.5. The Bertz CT molecular complexity index is 478. The number of ether oxygens (including phenoxy) is 1. The molecule has 0 fully saturated rings. The average molecular weight is 306 g/mol. The lowest BCUT2D eigenvalue weighted by Crippen LogP contribution is -2.16. The second kappa shape index (κ2) is 8.82. The number of benzene rings is 1. The van der Waals surface area contributed by atoms with E-state index in [4.69, 9.17) is 4.74 Å². The van der Waals surface area contributed by atoms with Crippen molar-refractivity contribution in [2.24, 2.45) is 0 Å². The Kier molecular flexibility index (Phi) is 7.43. The minimum Gasteiger partial charge on any atom is -0.508 e. The summed E-state index contributed by atoms with van der Waals surface area (Å²) in [5, 5.41) is 10.0. The van der Waals surface area contributed by atoms with Gasteiger partial charge in [0.2, 0.25) is 0 Å². The average Bonchev–Trinajstić information content (AvgIpc) is 2.49. The van der Waals surface area contributed by atoms with Crippen molar-refractivity contribution in [2.45, 2.75) is 71.6 Å². The van der Waals surface area contributed by atoms with Crippen molar-refractivity contribution in [2.75, 3.05) is 6.61 Å². The lowest BCUT2D eigenvalue weighted by Gasteiger charge is -2.25. The van der Waals surface area contributed by atoms with Gasteiger partial charge in [-0.05, 0) is 35.4 Å². The molecular formula is C19H30O3. The number of unbranched alkanes of at least 4 members (excludes halogenated alkanes) is 3. The van der Waals surface area contributed by atoms with Gasteiger partial charge in [0.25, 0.3) is 0 Å². The standard InChI is InChI=1S/C19H30O3/c1-5-7-8-9-12-22-18(21)14-15-10-11-17(20)16(13-15)19(3,4)6-2/h10-11,13,20H,5-9,12,14H2,1-4H3. The summed E-state index contributed by atoms with van der Waals surface area (Å²) in [5.74, 6) is 0.103. The number of phenolic OH excluding ortho intramolecular Hbond substituents is 1. The monoisotopic (exact) mass is 306 g/mol. The van der Waals surface area contributed by atoms with Crippen molar-refractivity contribution in [3.63, 3.8) is 0 Å². The Morgan fingerprint density at radius 2 is 1.91 bits per heavy atom. The molecule has 3 nitrogen and oxygen atoms in total. The van der Waals surface area contributed by atoms with Crippen LogP contribution in [0.3, 0.4) is 0 Å². The number of rotatable bonds is 9. The van der Waals surface area contributed by atoms with Crippen LogP contribution in [0.25, 0.3) is 0 Å². The maximum absolute atomic E-state index is 11.9. The fraction of sp³-hybridized carbons (Fsp3) is 0.632. The van der Waals surface area contributed by atoms with Crippen LogP contribution in [-0.2, 0) is 21.4 Å². The Balaban J connectivity index is 2.59. The molecule has 124 valence electrons. The number of esters is 1. The van der Waals surface area contributed by atoms with Gasteiger partial charge in [0.05, 0.1) is 13.0 Å². The van der Waals surface area contributed by atoms with E-state index < -0.39 is 0 Å². The van der Waals surface area contributed by atoms with Crippen LogP contribution in [0.1, 0.15) is 70.9 Å². The van der Waals surface area contributed by atoms with E-state index >= 15 is 0 Å². The van der Waals surface area contributed by atoms with Crippen LogP contribution < -0.4 is 0 Å². The zero-order valence-electron chi connectivity index (χ0n) is 14.4. The number of phenols is 1. The van der Waals surface area contributed by atoms with Gasteiger partial charge in [-0.1, -0.05) is 59.1 Å². The Hall–Kier alpha value is -1.51. The fourth-order valence-corrected chi connectivity index (χ4v) is 2.36. The largest absolute Gasteiger partial charge is 0.508 e. The van der Waals surface area contributed by atoms with Crippen LogP contribution in [-0.4, -0.2) is 17.7 Å². The summed E-state index contributed by atoms with van der Waals surface area (Å²) >= 11 is 0. The molecule has 0 aliphatic carbocycles. The highest BCUT2D eigenvalue weighted by Gasteiger charge is 2.22. The van der Waals surface area contributed by atoms with E-state index in [2.05, 4.69) is 27.7 Å². The summed E-state index contributed by atoms with van der Waals surface area (Å²) in [6.45, 7) is 8.95. The SMILES string of the molecule is CCCCCCOC(=O)Cc1ccc(O)c(C(C)(C)CC)c1. The van der Waals surface area contributed by atoms with E-state index in [0.29, 0.717) is 12.4 Å². The van der Waals surface area contributed by atoms with Crippen LogP contribution in [0.4, 0.5) is 0 Å². The third-order valence-electron chi connectivity index (χ3n) is 4.28. The van der Waals surface area contributed by atoms with Crippen LogP contribution in [0.15, 0.2) is 18.2 Å². The molecule has 22 heavy (non-hydrogen) atoms.